The van der Waals surface area contributed by atoms with Crippen molar-refractivity contribution in [2.45, 2.75) is 40.2 Å². The lowest BCUT2D eigenvalue weighted by molar-refractivity contribution is 0.0779. The third kappa shape index (κ3) is 4.20. The van der Waals surface area contributed by atoms with E-state index >= 15 is 0 Å². The highest BCUT2D eigenvalue weighted by Crippen LogP contribution is 2.11. The van der Waals surface area contributed by atoms with Crippen LogP contribution in [0.25, 0.3) is 0 Å². The van der Waals surface area contributed by atoms with Crippen LogP contribution in [0.4, 0.5) is 0 Å². The minimum atomic E-state index is -0.0502. The predicted molar refractivity (Wildman–Crippen MR) is 88.7 cm³/mol. The summed E-state index contributed by atoms with van der Waals surface area (Å²) in [5, 5.41) is 7.10. The number of aryl methyl sites for hydroxylation is 1. The number of aromatic amines is 1. The Morgan fingerprint density at radius 3 is 2.45 bits per heavy atom. The van der Waals surface area contributed by atoms with Gasteiger partial charge in [-0.25, -0.2) is 0 Å². The molecule has 4 heteroatoms. The molecule has 0 bridgehead atoms. The lowest BCUT2D eigenvalue weighted by atomic mass is 10.1. The summed E-state index contributed by atoms with van der Waals surface area (Å²) < 4.78 is 0. The molecule has 4 nitrogen and oxygen atoms in total. The van der Waals surface area contributed by atoms with Gasteiger partial charge in [-0.1, -0.05) is 45.0 Å². The Balaban J connectivity index is 2.00. The van der Waals surface area contributed by atoms with E-state index in [-0.39, 0.29) is 5.91 Å². The van der Waals surface area contributed by atoms with Crippen LogP contribution in [0, 0.1) is 5.92 Å². The third-order valence-corrected chi connectivity index (χ3v) is 3.68. The molecule has 0 spiro atoms. The number of nitrogens with zero attached hydrogens (tertiary/aromatic N) is 2. The van der Waals surface area contributed by atoms with Gasteiger partial charge < -0.3 is 4.90 Å². The Hall–Kier alpha value is -2.10. The molecule has 1 aromatic carbocycles. The monoisotopic (exact) mass is 299 g/mol. The summed E-state index contributed by atoms with van der Waals surface area (Å²) in [6, 6.07) is 10.2. The maximum atomic E-state index is 12.4. The molecule has 0 aliphatic carbocycles. The molecule has 2 rings (SSSR count). The van der Waals surface area contributed by atoms with Crippen molar-refractivity contribution < 1.29 is 4.79 Å². The highest BCUT2D eigenvalue weighted by molar-refractivity contribution is 5.92. The Kier molecular flexibility index (Phi) is 5.36. The van der Waals surface area contributed by atoms with Gasteiger partial charge in [0.05, 0.1) is 0 Å². The van der Waals surface area contributed by atoms with E-state index in [4.69, 9.17) is 0 Å². The molecule has 1 amide bonds. The van der Waals surface area contributed by atoms with Crippen molar-refractivity contribution in [2.24, 2.45) is 5.92 Å². The van der Waals surface area contributed by atoms with Gasteiger partial charge in [0.15, 0.2) is 0 Å². The van der Waals surface area contributed by atoms with Gasteiger partial charge in [0.2, 0.25) is 0 Å². The Morgan fingerprint density at radius 2 is 1.86 bits per heavy atom. The molecule has 118 valence electrons. The minimum absolute atomic E-state index is 0.0502. The molecule has 1 N–H and O–H groups in total. The van der Waals surface area contributed by atoms with E-state index < -0.39 is 0 Å². The van der Waals surface area contributed by atoms with Crippen molar-refractivity contribution in [1.82, 2.24) is 15.1 Å². The van der Waals surface area contributed by atoms with Crippen molar-refractivity contribution in [3.63, 3.8) is 0 Å². The van der Waals surface area contributed by atoms with Crippen LogP contribution >= 0.6 is 0 Å². The summed E-state index contributed by atoms with van der Waals surface area (Å²) in [5.74, 6) is 0.490. The van der Waals surface area contributed by atoms with Crippen molar-refractivity contribution in [3.05, 3.63) is 52.8 Å². The number of aromatic nitrogens is 2. The topological polar surface area (TPSA) is 49.0 Å². The molecule has 0 radical (unpaired) electrons. The second-order valence-electron chi connectivity index (χ2n) is 6.21. The summed E-state index contributed by atoms with van der Waals surface area (Å²) in [6.07, 6.45) is 1.93. The number of hydrogen-bond acceptors (Lipinski definition) is 2. The largest absolute Gasteiger partial charge is 0.336 e. The van der Waals surface area contributed by atoms with Crippen molar-refractivity contribution in [2.75, 3.05) is 7.05 Å². The zero-order valence-corrected chi connectivity index (χ0v) is 13.9. The van der Waals surface area contributed by atoms with Gasteiger partial charge in [-0.2, -0.15) is 5.10 Å². The van der Waals surface area contributed by atoms with E-state index in [0.29, 0.717) is 18.2 Å². The molecular weight excluding hydrogens is 274 g/mol. The molecule has 1 heterocycles. The van der Waals surface area contributed by atoms with E-state index in [9.17, 15) is 4.79 Å². The molecule has 0 aliphatic heterocycles. The van der Waals surface area contributed by atoms with E-state index in [1.807, 2.05) is 13.1 Å². The number of carbonyl (C=O) groups is 1. The van der Waals surface area contributed by atoms with Crippen molar-refractivity contribution >= 4 is 5.91 Å². The number of carbonyl (C=O) groups excluding carboxylic acids is 1. The third-order valence-electron chi connectivity index (χ3n) is 3.68. The highest BCUT2D eigenvalue weighted by atomic mass is 16.2. The van der Waals surface area contributed by atoms with Gasteiger partial charge in [0.1, 0.15) is 5.69 Å². The Morgan fingerprint density at radius 1 is 1.23 bits per heavy atom. The van der Waals surface area contributed by atoms with Crippen LogP contribution in [0.3, 0.4) is 0 Å². The molecule has 22 heavy (non-hydrogen) atoms. The molecule has 0 saturated carbocycles. The quantitative estimate of drug-likeness (QED) is 0.888. The molecule has 0 fully saturated rings. The summed E-state index contributed by atoms with van der Waals surface area (Å²) >= 11 is 0. The van der Waals surface area contributed by atoms with Crippen molar-refractivity contribution in [3.8, 4) is 0 Å². The first-order valence-electron chi connectivity index (χ1n) is 7.87. The summed E-state index contributed by atoms with van der Waals surface area (Å²) in [7, 11) is 1.81. The smallest absolute Gasteiger partial charge is 0.274 e. The van der Waals surface area contributed by atoms with Gasteiger partial charge in [-0.3, -0.25) is 9.89 Å². The summed E-state index contributed by atoms with van der Waals surface area (Å²) in [5.41, 5.74) is 3.94. The highest BCUT2D eigenvalue weighted by Gasteiger charge is 2.16. The van der Waals surface area contributed by atoms with Crippen LogP contribution in [-0.2, 0) is 19.4 Å². The van der Waals surface area contributed by atoms with Crippen LogP contribution in [-0.4, -0.2) is 28.1 Å². The van der Waals surface area contributed by atoms with Crippen LogP contribution in [0.2, 0.25) is 0 Å². The molecule has 0 atom stereocenters. The van der Waals surface area contributed by atoms with Gasteiger partial charge in [-0.05, 0) is 36.0 Å². The van der Waals surface area contributed by atoms with Crippen LogP contribution in [0.15, 0.2) is 30.3 Å². The lowest BCUT2D eigenvalue weighted by Gasteiger charge is -2.16. The molecule has 0 aliphatic rings. The summed E-state index contributed by atoms with van der Waals surface area (Å²) in [4.78, 5) is 14.1. The SMILES string of the molecule is CCc1ccc(CN(C)C(=O)c2cc(CC(C)C)[nH]n2)cc1. The molecule has 0 saturated heterocycles. The fraction of sp³-hybridized carbons (Fsp3) is 0.444. The number of hydrogen-bond donors (Lipinski definition) is 1. The molecule has 1 aromatic heterocycles. The van der Waals surface area contributed by atoms with Gasteiger partial charge >= 0.3 is 0 Å². The standard InChI is InChI=1S/C18H25N3O/c1-5-14-6-8-15(9-7-14)12-21(4)18(22)17-11-16(19-20-17)10-13(2)3/h6-9,11,13H,5,10,12H2,1-4H3,(H,19,20). The van der Waals surface area contributed by atoms with Gasteiger partial charge in [0, 0.05) is 19.3 Å². The second-order valence-corrected chi connectivity index (χ2v) is 6.21. The summed E-state index contributed by atoms with van der Waals surface area (Å²) in [6.45, 7) is 7.02. The first-order valence-corrected chi connectivity index (χ1v) is 7.87. The Bertz CT molecular complexity index is 614. The van der Waals surface area contributed by atoms with Crippen molar-refractivity contribution in [1.29, 1.82) is 0 Å². The average Bonchev–Trinajstić information content (AvgIpc) is 2.94. The fourth-order valence-electron chi connectivity index (χ4n) is 2.44. The number of rotatable bonds is 6. The maximum Gasteiger partial charge on any atom is 0.274 e. The first-order chi connectivity index (χ1) is 10.5. The van der Waals surface area contributed by atoms with E-state index in [1.165, 1.54) is 5.56 Å². The molecule has 0 unspecified atom stereocenters. The van der Waals surface area contributed by atoms with Gasteiger partial charge in [0.25, 0.3) is 5.91 Å². The molecular formula is C18H25N3O. The van der Waals surface area contributed by atoms with Crippen LogP contribution < -0.4 is 0 Å². The van der Waals surface area contributed by atoms with Gasteiger partial charge in [-0.15, -0.1) is 0 Å². The number of nitrogens with one attached hydrogen (secondary N) is 1. The van der Waals surface area contributed by atoms with Crippen LogP contribution in [0.1, 0.15) is 48.1 Å². The van der Waals surface area contributed by atoms with Crippen LogP contribution in [0.5, 0.6) is 0 Å². The number of amides is 1. The normalized spacial score (nSPS) is 11.0. The van der Waals surface area contributed by atoms with E-state index in [0.717, 1.165) is 24.1 Å². The minimum Gasteiger partial charge on any atom is -0.336 e. The van der Waals surface area contributed by atoms with E-state index in [2.05, 4.69) is 55.2 Å². The lowest BCUT2D eigenvalue weighted by Crippen LogP contribution is -2.26. The predicted octanol–water partition coefficient (Wildman–Crippen LogP) is 3.44. The number of benzene rings is 1. The zero-order chi connectivity index (χ0) is 16.1. The maximum absolute atomic E-state index is 12.4. The van der Waals surface area contributed by atoms with E-state index in [1.54, 1.807) is 4.90 Å². The molecule has 2 aromatic rings. The Labute approximate surface area is 132 Å². The second kappa shape index (κ2) is 7.25. The average molecular weight is 299 g/mol. The first kappa shape index (κ1) is 16.3. The zero-order valence-electron chi connectivity index (χ0n) is 13.9. The fourth-order valence-corrected chi connectivity index (χ4v) is 2.44. The number of H-pyrrole nitrogens is 1.